The molecule has 4 unspecified atom stereocenters. The lowest BCUT2D eigenvalue weighted by atomic mass is 10.0. The van der Waals surface area contributed by atoms with Gasteiger partial charge in [-0.25, -0.2) is 9.78 Å². The van der Waals surface area contributed by atoms with Gasteiger partial charge in [0.25, 0.3) is 0 Å². The van der Waals surface area contributed by atoms with Crippen LogP contribution in [0.3, 0.4) is 0 Å². The lowest BCUT2D eigenvalue weighted by Gasteiger charge is -2.25. The monoisotopic (exact) mass is 600 g/mol. The molecule has 2 heterocycles. The molecule has 3 rings (SSSR count). The molecule has 0 saturated carbocycles. The topological polar surface area (TPSA) is 221 Å². The molecule has 13 nitrogen and oxygen atoms in total. The Morgan fingerprint density at radius 1 is 0.952 bits per heavy atom. The van der Waals surface area contributed by atoms with Crippen LogP contribution < -0.4 is 27.4 Å². The zero-order valence-corrected chi connectivity index (χ0v) is 24.4. The van der Waals surface area contributed by atoms with Crippen molar-refractivity contribution in [1.29, 1.82) is 0 Å². The van der Waals surface area contributed by atoms with Crippen LogP contribution in [-0.4, -0.2) is 86.5 Å². The number of hydrogen-bond acceptors (Lipinski definition) is 8. The third kappa shape index (κ3) is 9.60. The number of aliphatic carboxylic acids is 1. The molecule has 42 heavy (non-hydrogen) atoms. The van der Waals surface area contributed by atoms with Crippen LogP contribution in [0.25, 0.3) is 10.9 Å². The predicted molar refractivity (Wildman–Crippen MR) is 162 cm³/mol. The number of nitrogens with two attached hydrogens (primary N) is 2. The van der Waals surface area contributed by atoms with Crippen molar-refractivity contribution in [3.63, 3.8) is 0 Å². The number of carbonyl (C=O) groups excluding carboxylic acids is 3. The maximum Gasteiger partial charge on any atom is 0.326 e. The molecule has 0 saturated heterocycles. The summed E-state index contributed by atoms with van der Waals surface area (Å²) in [5, 5.41) is 18.6. The number of aromatic nitrogens is 3. The van der Waals surface area contributed by atoms with E-state index in [4.69, 9.17) is 11.5 Å². The van der Waals surface area contributed by atoms with Gasteiger partial charge in [0.1, 0.15) is 18.1 Å². The van der Waals surface area contributed by atoms with Gasteiger partial charge in [0.2, 0.25) is 17.7 Å². The van der Waals surface area contributed by atoms with Crippen molar-refractivity contribution in [1.82, 2.24) is 30.9 Å². The fourth-order valence-electron chi connectivity index (χ4n) is 4.54. The lowest BCUT2D eigenvalue weighted by molar-refractivity contribution is -0.142. The number of rotatable bonds is 18. The van der Waals surface area contributed by atoms with Gasteiger partial charge in [0.15, 0.2) is 0 Å². The molecule has 0 aliphatic rings. The van der Waals surface area contributed by atoms with Gasteiger partial charge in [0, 0.05) is 35.4 Å². The highest BCUT2D eigenvalue weighted by Gasteiger charge is 2.30. The highest BCUT2D eigenvalue weighted by Crippen LogP contribution is 2.19. The summed E-state index contributed by atoms with van der Waals surface area (Å²) in [6, 6.07) is 3.59. The molecule has 3 aromatic rings. The van der Waals surface area contributed by atoms with E-state index in [0.29, 0.717) is 37.3 Å². The Kier molecular flexibility index (Phi) is 12.8. The van der Waals surface area contributed by atoms with E-state index in [2.05, 4.69) is 30.9 Å². The van der Waals surface area contributed by atoms with E-state index in [0.717, 1.165) is 16.5 Å². The van der Waals surface area contributed by atoms with Crippen molar-refractivity contribution >= 4 is 46.4 Å². The van der Waals surface area contributed by atoms with Gasteiger partial charge in [-0.05, 0) is 62.3 Å². The molecule has 14 heteroatoms. The third-order valence-electron chi connectivity index (χ3n) is 6.87. The number of nitrogens with one attached hydrogen (secondary N) is 5. The number of aromatic amines is 2. The van der Waals surface area contributed by atoms with Gasteiger partial charge in [-0.2, -0.15) is 11.8 Å². The van der Waals surface area contributed by atoms with Crippen LogP contribution in [-0.2, 0) is 32.0 Å². The number of H-pyrrole nitrogens is 2. The van der Waals surface area contributed by atoms with E-state index in [1.54, 1.807) is 0 Å². The van der Waals surface area contributed by atoms with Crippen LogP contribution in [0.15, 0.2) is 43.0 Å². The number of amides is 3. The lowest BCUT2D eigenvalue weighted by Crippen LogP contribution is -2.57. The molecule has 0 aliphatic carbocycles. The van der Waals surface area contributed by atoms with Crippen LogP contribution >= 0.6 is 11.8 Å². The average Bonchev–Trinajstić information content (AvgIpc) is 3.64. The second kappa shape index (κ2) is 16.5. The number of thioether (sulfide) groups is 1. The fraction of sp³-hybridized carbons (Fsp3) is 0.464. The maximum atomic E-state index is 13.4. The summed E-state index contributed by atoms with van der Waals surface area (Å²) >= 11 is 1.51. The molecular weight excluding hydrogens is 560 g/mol. The van der Waals surface area contributed by atoms with Crippen molar-refractivity contribution < 1.29 is 24.3 Å². The van der Waals surface area contributed by atoms with Crippen molar-refractivity contribution in [3.8, 4) is 0 Å². The van der Waals surface area contributed by atoms with Crippen molar-refractivity contribution in [2.45, 2.75) is 62.7 Å². The van der Waals surface area contributed by atoms with E-state index in [-0.39, 0.29) is 19.3 Å². The number of carboxylic acid groups (broad SMARTS) is 1. The van der Waals surface area contributed by atoms with E-state index in [9.17, 15) is 24.3 Å². The number of fused-ring (bicyclic) bond motifs is 1. The standard InChI is InChI=1S/C28H40N8O5S/c1-42-11-9-23(34-25(37)20(30)12-17-14-32-21-7-3-2-6-19(17)21)27(39)35-22(8-4-5-10-29)26(38)36-24(28(40)41)13-18-15-31-16-33-18/h2-3,6-7,14-16,20,22-24,32H,4-5,8-13,29-30H2,1H3,(H,31,33)(H,34,37)(H,35,39)(H,36,38)(H,40,41). The van der Waals surface area contributed by atoms with Gasteiger partial charge < -0.3 is 42.5 Å². The van der Waals surface area contributed by atoms with Gasteiger partial charge in [-0.3, -0.25) is 14.4 Å². The Bertz CT molecular complexity index is 1310. The molecule has 0 radical (unpaired) electrons. The first-order valence-corrected chi connectivity index (χ1v) is 15.2. The van der Waals surface area contributed by atoms with Gasteiger partial charge in [-0.1, -0.05) is 18.2 Å². The summed E-state index contributed by atoms with van der Waals surface area (Å²) in [6.45, 7) is 0.403. The maximum absolute atomic E-state index is 13.4. The summed E-state index contributed by atoms with van der Waals surface area (Å²) in [5.41, 5.74) is 14.2. The summed E-state index contributed by atoms with van der Waals surface area (Å²) in [7, 11) is 0. The molecule has 0 spiro atoms. The van der Waals surface area contributed by atoms with Crippen LogP contribution in [0.5, 0.6) is 0 Å². The Morgan fingerprint density at radius 2 is 1.64 bits per heavy atom. The average molecular weight is 601 g/mol. The van der Waals surface area contributed by atoms with E-state index in [1.807, 2.05) is 36.7 Å². The summed E-state index contributed by atoms with van der Waals surface area (Å²) < 4.78 is 0. The first-order valence-electron chi connectivity index (χ1n) is 13.8. The fourth-order valence-corrected chi connectivity index (χ4v) is 5.01. The molecule has 3 amide bonds. The summed E-state index contributed by atoms with van der Waals surface area (Å²) in [4.78, 5) is 61.4. The Morgan fingerprint density at radius 3 is 2.31 bits per heavy atom. The molecule has 10 N–H and O–H groups in total. The van der Waals surface area contributed by atoms with Crippen molar-refractivity contribution in [3.05, 3.63) is 54.2 Å². The smallest absolute Gasteiger partial charge is 0.326 e. The van der Waals surface area contributed by atoms with Crippen LogP contribution in [0.4, 0.5) is 0 Å². The minimum absolute atomic E-state index is 0.00867. The number of nitrogens with zero attached hydrogens (tertiary/aromatic N) is 1. The predicted octanol–water partition coefficient (Wildman–Crippen LogP) is 0.425. The van der Waals surface area contributed by atoms with E-state index < -0.39 is 47.9 Å². The largest absolute Gasteiger partial charge is 0.480 e. The second-order valence-electron chi connectivity index (χ2n) is 10.0. The molecule has 0 aliphatic heterocycles. The molecule has 1 aromatic carbocycles. The normalized spacial score (nSPS) is 14.1. The van der Waals surface area contributed by atoms with E-state index in [1.165, 1.54) is 24.3 Å². The molecule has 0 fully saturated rings. The summed E-state index contributed by atoms with van der Waals surface area (Å²) in [6.07, 6.45) is 8.56. The van der Waals surface area contributed by atoms with Gasteiger partial charge in [-0.15, -0.1) is 0 Å². The molecule has 2 aromatic heterocycles. The Hall–Kier alpha value is -3.88. The Balaban J connectivity index is 1.68. The van der Waals surface area contributed by atoms with Crippen LogP contribution in [0.1, 0.15) is 36.9 Å². The molecule has 4 atom stereocenters. The van der Waals surface area contributed by atoms with Crippen LogP contribution in [0.2, 0.25) is 0 Å². The van der Waals surface area contributed by atoms with Gasteiger partial charge >= 0.3 is 5.97 Å². The second-order valence-corrected chi connectivity index (χ2v) is 11.0. The minimum atomic E-state index is -1.23. The number of hydrogen-bond donors (Lipinski definition) is 8. The Labute approximate surface area is 248 Å². The number of benzene rings is 1. The first-order chi connectivity index (χ1) is 20.2. The quantitative estimate of drug-likeness (QED) is 0.0947. The van der Waals surface area contributed by atoms with Crippen molar-refractivity contribution in [2.75, 3.05) is 18.6 Å². The highest BCUT2D eigenvalue weighted by atomic mass is 32.2. The van der Waals surface area contributed by atoms with E-state index >= 15 is 0 Å². The molecule has 228 valence electrons. The SMILES string of the molecule is CSCCC(NC(=O)C(N)Cc1c[nH]c2ccccc12)C(=O)NC(CCCCN)C(=O)NC(Cc1cnc[nH]1)C(=O)O. The zero-order chi connectivity index (χ0) is 30.5. The van der Waals surface area contributed by atoms with Gasteiger partial charge in [0.05, 0.1) is 12.4 Å². The number of imidazole rings is 1. The number of carboxylic acids is 1. The highest BCUT2D eigenvalue weighted by molar-refractivity contribution is 7.98. The zero-order valence-electron chi connectivity index (χ0n) is 23.6. The first kappa shape index (κ1) is 32.6. The number of unbranched alkanes of at least 4 members (excludes halogenated alkanes) is 1. The molecule has 0 bridgehead atoms. The summed E-state index contributed by atoms with van der Waals surface area (Å²) in [5.74, 6) is -2.33. The van der Waals surface area contributed by atoms with Crippen molar-refractivity contribution in [2.24, 2.45) is 11.5 Å². The number of carbonyl (C=O) groups is 4. The minimum Gasteiger partial charge on any atom is -0.480 e. The van der Waals surface area contributed by atoms with Crippen LogP contribution in [0, 0.1) is 0 Å². The third-order valence-corrected chi connectivity index (χ3v) is 7.51. The number of para-hydroxylation sites is 1. The molecular formula is C28H40N8O5S.